The lowest BCUT2D eigenvalue weighted by Gasteiger charge is -2.34. The Kier molecular flexibility index (Phi) is 5.34. The van der Waals surface area contributed by atoms with Gasteiger partial charge in [0, 0.05) is 37.3 Å². The Bertz CT molecular complexity index is 733. The van der Waals surface area contributed by atoms with E-state index in [1.165, 1.54) is 0 Å². The van der Waals surface area contributed by atoms with E-state index in [9.17, 15) is 9.59 Å². The Labute approximate surface area is 143 Å². The third-order valence-corrected chi connectivity index (χ3v) is 3.92. The number of ether oxygens (including phenoxy) is 1. The fourth-order valence-corrected chi connectivity index (χ4v) is 2.69. The standard InChI is InChI=1S/C16H18N4O5/c21-14(20-7-8-24-10-12(20)9-15(22)23)2-1-13-18-16(19-25-13)11-3-5-17-6-4-11/h3-6,12H,1-2,7-10H2,(H,22,23)/t12-/m1/s1. The molecule has 1 fully saturated rings. The average Bonchev–Trinajstić information content (AvgIpc) is 3.09. The Morgan fingerprint density at radius 2 is 2.12 bits per heavy atom. The molecule has 1 amide bonds. The van der Waals surface area contributed by atoms with Crippen LogP contribution in [0, 0.1) is 0 Å². The number of aromatic nitrogens is 3. The number of carboxylic acids is 1. The number of pyridine rings is 1. The van der Waals surface area contributed by atoms with Crippen LogP contribution in [-0.4, -0.2) is 62.8 Å². The lowest BCUT2D eigenvalue weighted by molar-refractivity contribution is -0.146. The molecule has 3 heterocycles. The van der Waals surface area contributed by atoms with E-state index in [-0.39, 0.29) is 25.4 Å². The maximum atomic E-state index is 12.4. The third-order valence-electron chi connectivity index (χ3n) is 3.92. The number of carbonyl (C=O) groups is 2. The van der Waals surface area contributed by atoms with Gasteiger partial charge < -0.3 is 19.3 Å². The van der Waals surface area contributed by atoms with Crippen LogP contribution in [0.4, 0.5) is 0 Å². The first-order valence-electron chi connectivity index (χ1n) is 7.95. The van der Waals surface area contributed by atoms with E-state index in [0.29, 0.717) is 31.3 Å². The van der Waals surface area contributed by atoms with E-state index in [1.807, 2.05) is 0 Å². The van der Waals surface area contributed by atoms with Crippen molar-refractivity contribution in [2.24, 2.45) is 0 Å². The molecular formula is C16H18N4O5. The van der Waals surface area contributed by atoms with Crippen LogP contribution in [0.3, 0.4) is 0 Å². The zero-order valence-corrected chi connectivity index (χ0v) is 13.5. The lowest BCUT2D eigenvalue weighted by atomic mass is 10.1. The number of morpholine rings is 1. The number of aryl methyl sites for hydroxylation is 1. The molecule has 0 saturated carbocycles. The molecule has 1 saturated heterocycles. The minimum Gasteiger partial charge on any atom is -0.481 e. The van der Waals surface area contributed by atoms with Crippen molar-refractivity contribution in [3.05, 3.63) is 30.4 Å². The average molecular weight is 346 g/mol. The van der Waals surface area contributed by atoms with Gasteiger partial charge in [-0.3, -0.25) is 14.6 Å². The predicted molar refractivity (Wildman–Crippen MR) is 84.4 cm³/mol. The quantitative estimate of drug-likeness (QED) is 0.814. The molecule has 0 aromatic carbocycles. The van der Waals surface area contributed by atoms with Gasteiger partial charge in [0.1, 0.15) is 0 Å². The van der Waals surface area contributed by atoms with Crippen molar-refractivity contribution >= 4 is 11.9 Å². The zero-order chi connectivity index (χ0) is 17.6. The predicted octanol–water partition coefficient (Wildman–Crippen LogP) is 0.766. The van der Waals surface area contributed by atoms with Crippen LogP contribution in [0.25, 0.3) is 11.4 Å². The Morgan fingerprint density at radius 3 is 2.88 bits per heavy atom. The molecule has 1 aliphatic heterocycles. The topological polar surface area (TPSA) is 119 Å². The van der Waals surface area contributed by atoms with Gasteiger partial charge in [0.25, 0.3) is 0 Å². The molecule has 2 aromatic rings. The number of amides is 1. The van der Waals surface area contributed by atoms with E-state index in [1.54, 1.807) is 29.4 Å². The molecular weight excluding hydrogens is 328 g/mol. The fourth-order valence-electron chi connectivity index (χ4n) is 2.69. The SMILES string of the molecule is O=C(O)C[C@@H]1COCCN1C(=O)CCc1nc(-c2ccncc2)no1. The van der Waals surface area contributed by atoms with Gasteiger partial charge in [0.15, 0.2) is 0 Å². The molecule has 9 nitrogen and oxygen atoms in total. The molecule has 132 valence electrons. The minimum absolute atomic E-state index is 0.126. The molecule has 0 unspecified atom stereocenters. The van der Waals surface area contributed by atoms with E-state index in [4.69, 9.17) is 14.4 Å². The Hall–Kier alpha value is -2.81. The molecule has 0 radical (unpaired) electrons. The van der Waals surface area contributed by atoms with Gasteiger partial charge >= 0.3 is 5.97 Å². The van der Waals surface area contributed by atoms with Gasteiger partial charge in [-0.05, 0) is 12.1 Å². The number of aliphatic carboxylic acids is 1. The summed E-state index contributed by atoms with van der Waals surface area (Å²) in [6, 6.07) is 3.10. The maximum absolute atomic E-state index is 12.4. The lowest BCUT2D eigenvalue weighted by Crippen LogP contribution is -2.49. The summed E-state index contributed by atoms with van der Waals surface area (Å²) in [5.41, 5.74) is 0.783. The van der Waals surface area contributed by atoms with Crippen molar-refractivity contribution in [2.45, 2.75) is 25.3 Å². The molecule has 1 aliphatic rings. The number of hydrogen-bond donors (Lipinski definition) is 1. The number of rotatable bonds is 6. The summed E-state index contributed by atoms with van der Waals surface area (Å²) < 4.78 is 10.5. The van der Waals surface area contributed by atoms with Crippen LogP contribution in [0.5, 0.6) is 0 Å². The van der Waals surface area contributed by atoms with Crippen molar-refractivity contribution in [2.75, 3.05) is 19.8 Å². The molecule has 1 N–H and O–H groups in total. The molecule has 0 aliphatic carbocycles. The van der Waals surface area contributed by atoms with Gasteiger partial charge in [0.05, 0.1) is 25.7 Å². The number of hydrogen-bond acceptors (Lipinski definition) is 7. The minimum atomic E-state index is -0.952. The first kappa shape index (κ1) is 17.0. The normalized spacial score (nSPS) is 17.4. The molecule has 25 heavy (non-hydrogen) atoms. The molecule has 0 bridgehead atoms. The second-order valence-electron chi connectivity index (χ2n) is 5.66. The van der Waals surface area contributed by atoms with Crippen molar-refractivity contribution in [1.82, 2.24) is 20.0 Å². The molecule has 2 aromatic heterocycles. The number of carbonyl (C=O) groups excluding carboxylic acids is 1. The highest BCUT2D eigenvalue weighted by atomic mass is 16.5. The number of carboxylic acid groups (broad SMARTS) is 1. The summed E-state index contributed by atoms with van der Waals surface area (Å²) in [4.78, 5) is 33.1. The van der Waals surface area contributed by atoms with Gasteiger partial charge in [-0.15, -0.1) is 0 Å². The summed E-state index contributed by atoms with van der Waals surface area (Å²) in [5.74, 6) is -0.284. The van der Waals surface area contributed by atoms with E-state index >= 15 is 0 Å². The van der Waals surface area contributed by atoms with Crippen LogP contribution >= 0.6 is 0 Å². The number of nitrogens with zero attached hydrogens (tertiary/aromatic N) is 4. The van der Waals surface area contributed by atoms with Crippen molar-refractivity contribution in [3.8, 4) is 11.4 Å². The molecule has 0 spiro atoms. The van der Waals surface area contributed by atoms with Crippen LogP contribution in [0.2, 0.25) is 0 Å². The summed E-state index contributed by atoms with van der Waals surface area (Å²) in [6.45, 7) is 1.04. The van der Waals surface area contributed by atoms with Crippen molar-refractivity contribution < 1.29 is 24.0 Å². The van der Waals surface area contributed by atoms with Crippen LogP contribution < -0.4 is 0 Å². The maximum Gasteiger partial charge on any atom is 0.305 e. The first-order valence-corrected chi connectivity index (χ1v) is 7.95. The summed E-state index contributed by atoms with van der Waals surface area (Å²) >= 11 is 0. The van der Waals surface area contributed by atoms with Gasteiger partial charge in [0.2, 0.25) is 17.6 Å². The van der Waals surface area contributed by atoms with Crippen LogP contribution in [0.1, 0.15) is 18.7 Å². The van der Waals surface area contributed by atoms with Crippen molar-refractivity contribution in [1.29, 1.82) is 0 Å². The highest BCUT2D eigenvalue weighted by Gasteiger charge is 2.29. The first-order chi connectivity index (χ1) is 12.1. The second-order valence-corrected chi connectivity index (χ2v) is 5.66. The summed E-state index contributed by atoms with van der Waals surface area (Å²) in [7, 11) is 0. The Morgan fingerprint density at radius 1 is 1.32 bits per heavy atom. The highest BCUT2D eigenvalue weighted by molar-refractivity contribution is 5.78. The fraction of sp³-hybridized carbons (Fsp3) is 0.438. The van der Waals surface area contributed by atoms with Crippen LogP contribution in [-0.2, 0) is 20.7 Å². The monoisotopic (exact) mass is 346 g/mol. The van der Waals surface area contributed by atoms with E-state index in [2.05, 4.69) is 15.1 Å². The van der Waals surface area contributed by atoms with Crippen LogP contribution in [0.15, 0.2) is 29.0 Å². The Balaban J connectivity index is 1.58. The zero-order valence-electron chi connectivity index (χ0n) is 13.5. The van der Waals surface area contributed by atoms with E-state index in [0.717, 1.165) is 5.56 Å². The third kappa shape index (κ3) is 4.38. The van der Waals surface area contributed by atoms with Gasteiger partial charge in [-0.25, -0.2) is 0 Å². The molecule has 1 atom stereocenters. The van der Waals surface area contributed by atoms with Crippen molar-refractivity contribution in [3.63, 3.8) is 0 Å². The smallest absolute Gasteiger partial charge is 0.305 e. The highest BCUT2D eigenvalue weighted by Crippen LogP contribution is 2.16. The molecule has 9 heteroatoms. The van der Waals surface area contributed by atoms with Gasteiger partial charge in [-0.2, -0.15) is 4.98 Å². The summed E-state index contributed by atoms with van der Waals surface area (Å²) in [5, 5.41) is 12.8. The largest absolute Gasteiger partial charge is 0.481 e. The van der Waals surface area contributed by atoms with E-state index < -0.39 is 12.0 Å². The molecule has 3 rings (SSSR count). The van der Waals surface area contributed by atoms with Gasteiger partial charge in [-0.1, -0.05) is 5.16 Å². The second kappa shape index (κ2) is 7.84. The summed E-state index contributed by atoms with van der Waals surface area (Å²) in [6.07, 6.45) is 3.62.